The van der Waals surface area contributed by atoms with Gasteiger partial charge in [-0.25, -0.2) is 22.9 Å². The zero-order chi connectivity index (χ0) is 17.6. The summed E-state index contributed by atoms with van der Waals surface area (Å²) >= 11 is 0.925. The van der Waals surface area contributed by atoms with Crippen molar-refractivity contribution in [1.29, 1.82) is 0 Å². The lowest BCUT2D eigenvalue weighted by Crippen LogP contribution is -2.28. The second kappa shape index (κ2) is 6.19. The van der Waals surface area contributed by atoms with Gasteiger partial charge in [0.25, 0.3) is 10.0 Å². The van der Waals surface area contributed by atoms with E-state index in [9.17, 15) is 13.2 Å². The zero-order valence-corrected chi connectivity index (χ0v) is 15.3. The van der Waals surface area contributed by atoms with E-state index in [0.29, 0.717) is 5.92 Å². The Morgan fingerprint density at radius 3 is 3.04 bits per heavy atom. The molecule has 1 N–H and O–H groups in total. The SMILES string of the molecule is COC(=O)c1ncsc1S(=O)(=O)NC1CC2CCCc3cccc1c32. The first-order chi connectivity index (χ1) is 12.0. The first kappa shape index (κ1) is 16.7. The summed E-state index contributed by atoms with van der Waals surface area (Å²) in [5.74, 6) is -0.333. The maximum atomic E-state index is 12.8. The summed E-state index contributed by atoms with van der Waals surface area (Å²) in [4.78, 5) is 15.6. The Morgan fingerprint density at radius 2 is 2.24 bits per heavy atom. The number of benzene rings is 1. The molecule has 8 heteroatoms. The van der Waals surface area contributed by atoms with Crippen LogP contribution in [-0.2, 0) is 21.2 Å². The highest BCUT2D eigenvalue weighted by Crippen LogP contribution is 2.47. The summed E-state index contributed by atoms with van der Waals surface area (Å²) in [6, 6.07) is 5.87. The van der Waals surface area contributed by atoms with Crippen molar-refractivity contribution in [2.24, 2.45) is 0 Å². The van der Waals surface area contributed by atoms with Crippen LogP contribution in [-0.4, -0.2) is 26.5 Å². The van der Waals surface area contributed by atoms with E-state index in [0.717, 1.165) is 42.6 Å². The van der Waals surface area contributed by atoms with Crippen LogP contribution in [0.25, 0.3) is 0 Å². The third-order valence-electron chi connectivity index (χ3n) is 4.99. The van der Waals surface area contributed by atoms with Crippen LogP contribution < -0.4 is 4.72 Å². The highest BCUT2D eigenvalue weighted by Gasteiger charge is 2.38. The monoisotopic (exact) mass is 378 g/mol. The number of nitrogens with zero attached hydrogens (tertiary/aromatic N) is 1. The summed E-state index contributed by atoms with van der Waals surface area (Å²) in [5.41, 5.74) is 4.91. The fraction of sp³-hybridized carbons (Fsp3) is 0.412. The van der Waals surface area contributed by atoms with Crippen molar-refractivity contribution in [1.82, 2.24) is 9.71 Å². The van der Waals surface area contributed by atoms with Crippen LogP contribution in [0.5, 0.6) is 0 Å². The van der Waals surface area contributed by atoms with Gasteiger partial charge in [0.1, 0.15) is 0 Å². The summed E-state index contributed by atoms with van der Waals surface area (Å²) in [6.45, 7) is 0. The number of hydrogen-bond donors (Lipinski definition) is 1. The number of sulfonamides is 1. The number of esters is 1. The van der Waals surface area contributed by atoms with Gasteiger partial charge in [0.15, 0.2) is 9.90 Å². The number of hydrogen-bond acceptors (Lipinski definition) is 6. The Kier molecular flexibility index (Phi) is 4.13. The lowest BCUT2D eigenvalue weighted by Gasteiger charge is -2.20. The normalized spacial score (nSPS) is 21.8. The van der Waals surface area contributed by atoms with E-state index >= 15 is 0 Å². The number of carbonyl (C=O) groups is 1. The van der Waals surface area contributed by atoms with Crippen LogP contribution in [0.1, 0.15) is 58.4 Å². The minimum Gasteiger partial charge on any atom is -0.464 e. The average Bonchev–Trinajstić information content (AvgIpc) is 3.22. The van der Waals surface area contributed by atoms with E-state index in [4.69, 9.17) is 0 Å². The van der Waals surface area contributed by atoms with E-state index in [1.54, 1.807) is 0 Å². The van der Waals surface area contributed by atoms with Gasteiger partial charge in [0.2, 0.25) is 0 Å². The Hall–Kier alpha value is -1.77. The van der Waals surface area contributed by atoms with Crippen LogP contribution in [0.15, 0.2) is 27.9 Å². The van der Waals surface area contributed by atoms with Gasteiger partial charge in [-0.3, -0.25) is 0 Å². The van der Waals surface area contributed by atoms with Crippen molar-refractivity contribution in [3.05, 3.63) is 46.1 Å². The number of carbonyl (C=O) groups excluding carboxylic acids is 1. The topological polar surface area (TPSA) is 85.4 Å². The second-order valence-corrected chi connectivity index (χ2v) is 9.16. The third kappa shape index (κ3) is 2.78. The van der Waals surface area contributed by atoms with Crippen molar-refractivity contribution in [2.75, 3.05) is 7.11 Å². The van der Waals surface area contributed by atoms with Gasteiger partial charge in [-0.05, 0) is 48.3 Å². The number of nitrogens with one attached hydrogen (secondary N) is 1. The molecule has 0 saturated heterocycles. The standard InChI is InChI=1S/C17H18N2O4S2/c1-23-16(20)15-17(24-9-18-15)25(21,22)19-13-8-11-6-2-4-10-5-3-7-12(13)14(10)11/h3,5,7,9,11,13,19H,2,4,6,8H2,1H3. The Balaban J connectivity index is 1.67. The average molecular weight is 378 g/mol. The van der Waals surface area contributed by atoms with E-state index < -0.39 is 16.0 Å². The van der Waals surface area contributed by atoms with E-state index in [2.05, 4.69) is 20.5 Å². The summed E-state index contributed by atoms with van der Waals surface area (Å²) in [6.07, 6.45) is 4.05. The number of aryl methyl sites for hydroxylation is 1. The number of aromatic nitrogens is 1. The minimum absolute atomic E-state index is 0.0876. The molecule has 0 bridgehead atoms. The lowest BCUT2D eigenvalue weighted by molar-refractivity contribution is 0.0590. The Labute approximate surface area is 150 Å². The van der Waals surface area contributed by atoms with E-state index in [1.165, 1.54) is 23.7 Å². The molecule has 2 aromatic rings. The molecule has 2 aliphatic rings. The number of rotatable bonds is 4. The summed E-state index contributed by atoms with van der Waals surface area (Å²) in [5, 5.41) is 0. The summed E-state index contributed by atoms with van der Waals surface area (Å²) in [7, 11) is -2.64. The number of ether oxygens (including phenoxy) is 1. The fourth-order valence-electron chi connectivity index (χ4n) is 3.99. The van der Waals surface area contributed by atoms with Gasteiger partial charge in [0.05, 0.1) is 12.6 Å². The molecule has 2 aliphatic carbocycles. The van der Waals surface area contributed by atoms with Gasteiger partial charge in [-0.1, -0.05) is 18.2 Å². The molecule has 1 aromatic heterocycles. The molecular formula is C17H18N2O4S2. The lowest BCUT2D eigenvalue weighted by atomic mass is 9.84. The molecule has 1 aromatic carbocycles. The van der Waals surface area contributed by atoms with Gasteiger partial charge in [-0.2, -0.15) is 0 Å². The van der Waals surface area contributed by atoms with Gasteiger partial charge >= 0.3 is 5.97 Å². The highest BCUT2D eigenvalue weighted by atomic mass is 32.2. The molecule has 6 nitrogen and oxygen atoms in total. The van der Waals surface area contributed by atoms with Crippen LogP contribution >= 0.6 is 11.3 Å². The molecule has 0 radical (unpaired) electrons. The van der Waals surface area contributed by atoms with Gasteiger partial charge < -0.3 is 4.74 Å². The van der Waals surface area contributed by atoms with Crippen LogP contribution in [0.3, 0.4) is 0 Å². The molecule has 25 heavy (non-hydrogen) atoms. The molecule has 0 saturated carbocycles. The molecule has 1 heterocycles. The maximum absolute atomic E-state index is 12.8. The molecule has 132 valence electrons. The van der Waals surface area contributed by atoms with Crippen LogP contribution in [0.2, 0.25) is 0 Å². The summed E-state index contributed by atoms with van der Waals surface area (Å²) < 4.78 is 33.0. The number of methoxy groups -OCH3 is 1. The quantitative estimate of drug-likeness (QED) is 0.827. The van der Waals surface area contributed by atoms with Crippen LogP contribution in [0.4, 0.5) is 0 Å². The molecule has 4 rings (SSSR count). The van der Waals surface area contributed by atoms with Crippen molar-refractivity contribution < 1.29 is 17.9 Å². The number of thiazole rings is 1. The van der Waals surface area contributed by atoms with Gasteiger partial charge in [0, 0.05) is 6.04 Å². The first-order valence-corrected chi connectivity index (χ1v) is 10.5. The smallest absolute Gasteiger partial charge is 0.358 e. The van der Waals surface area contributed by atoms with Crippen molar-refractivity contribution in [2.45, 2.75) is 41.9 Å². The first-order valence-electron chi connectivity index (χ1n) is 8.17. The van der Waals surface area contributed by atoms with E-state index in [1.807, 2.05) is 12.1 Å². The fourth-order valence-corrected chi connectivity index (χ4v) is 6.37. The Morgan fingerprint density at radius 1 is 1.40 bits per heavy atom. The van der Waals surface area contributed by atoms with Gasteiger partial charge in [-0.15, -0.1) is 11.3 Å². The predicted molar refractivity (Wildman–Crippen MR) is 93.3 cm³/mol. The highest BCUT2D eigenvalue weighted by molar-refractivity contribution is 7.91. The largest absolute Gasteiger partial charge is 0.464 e. The van der Waals surface area contributed by atoms with Crippen LogP contribution in [0, 0.1) is 0 Å². The maximum Gasteiger partial charge on any atom is 0.358 e. The zero-order valence-electron chi connectivity index (χ0n) is 13.7. The third-order valence-corrected chi connectivity index (χ3v) is 7.83. The molecule has 2 atom stereocenters. The van der Waals surface area contributed by atoms with E-state index in [-0.39, 0.29) is 15.9 Å². The van der Waals surface area contributed by atoms with Crippen molar-refractivity contribution >= 4 is 27.3 Å². The molecule has 0 spiro atoms. The molecule has 0 amide bonds. The second-order valence-electron chi connectivity index (χ2n) is 6.40. The molecule has 2 unspecified atom stereocenters. The predicted octanol–water partition coefficient (Wildman–Crippen LogP) is 2.77. The Bertz CT molecular complexity index is 936. The molecule has 0 fully saturated rings. The molecule has 0 aliphatic heterocycles. The molecular weight excluding hydrogens is 360 g/mol. The minimum atomic E-state index is -3.85. The van der Waals surface area contributed by atoms with Crippen molar-refractivity contribution in [3.8, 4) is 0 Å². The van der Waals surface area contributed by atoms with Crippen molar-refractivity contribution in [3.63, 3.8) is 0 Å².